The fourth-order valence-electron chi connectivity index (χ4n) is 0.840. The van der Waals surface area contributed by atoms with E-state index in [0.717, 1.165) is 17.0 Å². The Balaban J connectivity index is 3.26. The van der Waals surface area contributed by atoms with Gasteiger partial charge in [-0.25, -0.2) is 0 Å². The van der Waals surface area contributed by atoms with Crippen molar-refractivity contribution in [3.05, 3.63) is 36.2 Å². The Morgan fingerprint density at radius 2 is 2.00 bits per heavy atom. The van der Waals surface area contributed by atoms with Gasteiger partial charge in [-0.05, 0) is 19.1 Å². The van der Waals surface area contributed by atoms with Gasteiger partial charge in [0.05, 0.1) is 11.4 Å². The Bertz CT molecular complexity index is 290. The number of nitrogens with zero attached hydrogens (tertiary/aromatic N) is 2. The standard InChI is InChI=1S/C9H10N2/c1-4-8-6-7(3)10-11-9(8)5-2/h4-6H,1-2H2,3H3. The van der Waals surface area contributed by atoms with Crippen molar-refractivity contribution in [2.45, 2.75) is 6.92 Å². The molecule has 0 aromatic carbocycles. The molecule has 0 aliphatic rings. The lowest BCUT2D eigenvalue weighted by Crippen LogP contribution is -1.92. The molecule has 1 aromatic heterocycles. The van der Waals surface area contributed by atoms with Crippen molar-refractivity contribution < 1.29 is 0 Å². The first-order valence-electron chi connectivity index (χ1n) is 3.37. The molecule has 1 aromatic rings. The molecule has 1 rings (SSSR count). The van der Waals surface area contributed by atoms with Crippen LogP contribution in [-0.4, -0.2) is 10.2 Å². The van der Waals surface area contributed by atoms with Gasteiger partial charge in [0.15, 0.2) is 0 Å². The van der Waals surface area contributed by atoms with Gasteiger partial charge in [0, 0.05) is 5.56 Å². The maximum absolute atomic E-state index is 3.93. The molecule has 0 N–H and O–H groups in total. The van der Waals surface area contributed by atoms with Gasteiger partial charge in [0.2, 0.25) is 0 Å². The number of hydrogen-bond acceptors (Lipinski definition) is 2. The number of aromatic nitrogens is 2. The van der Waals surface area contributed by atoms with Crippen LogP contribution in [0.1, 0.15) is 17.0 Å². The molecule has 0 aliphatic heterocycles. The fourth-order valence-corrected chi connectivity index (χ4v) is 0.840. The average Bonchev–Trinajstić information content (AvgIpc) is 2.04. The van der Waals surface area contributed by atoms with Crippen LogP contribution in [0.3, 0.4) is 0 Å². The molecule has 1 heterocycles. The predicted octanol–water partition coefficient (Wildman–Crippen LogP) is 2.07. The van der Waals surface area contributed by atoms with Crippen LogP contribution in [0.5, 0.6) is 0 Å². The zero-order valence-electron chi connectivity index (χ0n) is 6.54. The first-order chi connectivity index (χ1) is 5.27. The highest BCUT2D eigenvalue weighted by Crippen LogP contribution is 2.08. The van der Waals surface area contributed by atoms with Crippen molar-refractivity contribution in [1.29, 1.82) is 0 Å². The third kappa shape index (κ3) is 1.52. The Morgan fingerprint density at radius 3 is 2.55 bits per heavy atom. The molecule has 0 radical (unpaired) electrons. The van der Waals surface area contributed by atoms with Crippen LogP contribution in [0.25, 0.3) is 12.2 Å². The smallest absolute Gasteiger partial charge is 0.0923 e. The summed E-state index contributed by atoms with van der Waals surface area (Å²) in [5.41, 5.74) is 2.66. The second-order valence-corrected chi connectivity index (χ2v) is 2.23. The van der Waals surface area contributed by atoms with Crippen molar-refractivity contribution in [3.63, 3.8) is 0 Å². The van der Waals surface area contributed by atoms with E-state index in [-0.39, 0.29) is 0 Å². The highest BCUT2D eigenvalue weighted by molar-refractivity contribution is 5.59. The zero-order chi connectivity index (χ0) is 8.27. The van der Waals surface area contributed by atoms with Crippen molar-refractivity contribution in [1.82, 2.24) is 10.2 Å². The second kappa shape index (κ2) is 3.10. The second-order valence-electron chi connectivity index (χ2n) is 2.23. The van der Waals surface area contributed by atoms with E-state index in [1.54, 1.807) is 12.2 Å². The lowest BCUT2D eigenvalue weighted by atomic mass is 10.2. The Labute approximate surface area is 66.3 Å². The van der Waals surface area contributed by atoms with E-state index in [2.05, 4.69) is 23.4 Å². The normalized spacial score (nSPS) is 9.18. The average molecular weight is 146 g/mol. The van der Waals surface area contributed by atoms with Crippen LogP contribution in [0.15, 0.2) is 19.2 Å². The van der Waals surface area contributed by atoms with Crippen LogP contribution in [0, 0.1) is 6.92 Å². The van der Waals surface area contributed by atoms with Gasteiger partial charge in [-0.15, -0.1) is 0 Å². The van der Waals surface area contributed by atoms with Gasteiger partial charge in [-0.1, -0.05) is 19.2 Å². The Hall–Kier alpha value is -1.44. The summed E-state index contributed by atoms with van der Waals surface area (Å²) in [5.74, 6) is 0. The highest BCUT2D eigenvalue weighted by atomic mass is 15.1. The Morgan fingerprint density at radius 1 is 1.27 bits per heavy atom. The van der Waals surface area contributed by atoms with Crippen LogP contribution in [-0.2, 0) is 0 Å². The minimum atomic E-state index is 0.783. The van der Waals surface area contributed by atoms with Gasteiger partial charge in [0.1, 0.15) is 0 Å². The molecule has 11 heavy (non-hydrogen) atoms. The van der Waals surface area contributed by atoms with Crippen molar-refractivity contribution in [2.75, 3.05) is 0 Å². The number of rotatable bonds is 2. The van der Waals surface area contributed by atoms with Gasteiger partial charge >= 0.3 is 0 Å². The maximum atomic E-state index is 3.93. The molecular weight excluding hydrogens is 136 g/mol. The minimum Gasteiger partial charge on any atom is -0.155 e. The lowest BCUT2D eigenvalue weighted by molar-refractivity contribution is 0.966. The molecule has 0 fully saturated rings. The highest BCUT2D eigenvalue weighted by Gasteiger charge is 1.96. The summed E-state index contributed by atoms with van der Waals surface area (Å²) in [6.07, 6.45) is 3.42. The lowest BCUT2D eigenvalue weighted by Gasteiger charge is -1.98. The molecule has 0 saturated carbocycles. The summed E-state index contributed by atoms with van der Waals surface area (Å²) in [4.78, 5) is 0. The molecule has 0 aliphatic carbocycles. The summed E-state index contributed by atoms with van der Waals surface area (Å²) in [6, 6.07) is 1.93. The first kappa shape index (κ1) is 7.66. The molecule has 0 amide bonds. The van der Waals surface area contributed by atoms with Crippen LogP contribution in [0.4, 0.5) is 0 Å². The molecule has 2 heteroatoms. The largest absolute Gasteiger partial charge is 0.155 e. The van der Waals surface area contributed by atoms with E-state index in [9.17, 15) is 0 Å². The SMILES string of the molecule is C=Cc1cc(C)nnc1C=C. The molecule has 0 saturated heterocycles. The van der Waals surface area contributed by atoms with E-state index < -0.39 is 0 Å². The quantitative estimate of drug-likeness (QED) is 0.638. The maximum Gasteiger partial charge on any atom is 0.0923 e. The minimum absolute atomic E-state index is 0.783. The summed E-state index contributed by atoms with van der Waals surface area (Å²) in [5, 5.41) is 7.82. The van der Waals surface area contributed by atoms with Crippen molar-refractivity contribution >= 4 is 12.2 Å². The zero-order valence-corrected chi connectivity index (χ0v) is 6.54. The van der Waals surface area contributed by atoms with Gasteiger partial charge < -0.3 is 0 Å². The first-order valence-corrected chi connectivity index (χ1v) is 3.37. The number of hydrogen-bond donors (Lipinski definition) is 0. The topological polar surface area (TPSA) is 25.8 Å². The van der Waals surface area contributed by atoms with Crippen LogP contribution >= 0.6 is 0 Å². The van der Waals surface area contributed by atoms with E-state index in [1.807, 2.05) is 13.0 Å². The summed E-state index contributed by atoms with van der Waals surface area (Å²) < 4.78 is 0. The summed E-state index contributed by atoms with van der Waals surface area (Å²) in [7, 11) is 0. The van der Waals surface area contributed by atoms with E-state index in [4.69, 9.17) is 0 Å². The number of aryl methyl sites for hydroxylation is 1. The molecule has 0 bridgehead atoms. The van der Waals surface area contributed by atoms with Gasteiger partial charge in [-0.2, -0.15) is 10.2 Å². The van der Waals surface area contributed by atoms with E-state index in [1.165, 1.54) is 0 Å². The third-order valence-corrected chi connectivity index (χ3v) is 1.39. The predicted molar refractivity (Wildman–Crippen MR) is 47.0 cm³/mol. The van der Waals surface area contributed by atoms with Crippen molar-refractivity contribution in [3.8, 4) is 0 Å². The van der Waals surface area contributed by atoms with Crippen molar-refractivity contribution in [2.24, 2.45) is 0 Å². The molecule has 0 spiro atoms. The van der Waals surface area contributed by atoms with Gasteiger partial charge in [0.25, 0.3) is 0 Å². The monoisotopic (exact) mass is 146 g/mol. The molecule has 0 atom stereocenters. The van der Waals surface area contributed by atoms with Gasteiger partial charge in [-0.3, -0.25) is 0 Å². The van der Waals surface area contributed by atoms with Crippen LogP contribution in [0.2, 0.25) is 0 Å². The molecule has 56 valence electrons. The molecular formula is C9H10N2. The molecule has 2 nitrogen and oxygen atoms in total. The fraction of sp³-hybridized carbons (Fsp3) is 0.111. The van der Waals surface area contributed by atoms with E-state index >= 15 is 0 Å². The third-order valence-electron chi connectivity index (χ3n) is 1.39. The van der Waals surface area contributed by atoms with E-state index in [0.29, 0.717) is 0 Å². The molecule has 0 unspecified atom stereocenters. The summed E-state index contributed by atoms with van der Waals surface area (Å²) >= 11 is 0. The van der Waals surface area contributed by atoms with Crippen LogP contribution < -0.4 is 0 Å². The Kier molecular flexibility index (Phi) is 2.16. The summed E-state index contributed by atoms with van der Waals surface area (Å²) in [6.45, 7) is 9.18.